The molecular weight excluding hydrogens is 278 g/mol. The van der Waals surface area contributed by atoms with Crippen LogP contribution in [0.25, 0.3) is 0 Å². The molecule has 5 heteroatoms. The van der Waals surface area contributed by atoms with E-state index in [-0.39, 0.29) is 24.0 Å². The summed E-state index contributed by atoms with van der Waals surface area (Å²) >= 11 is 0. The number of urea groups is 1. The summed E-state index contributed by atoms with van der Waals surface area (Å²) in [7, 11) is 1.78. The monoisotopic (exact) mass is 301 g/mol. The highest BCUT2D eigenvalue weighted by Gasteiger charge is 2.33. The Morgan fingerprint density at radius 1 is 1.32 bits per heavy atom. The molecule has 22 heavy (non-hydrogen) atoms. The van der Waals surface area contributed by atoms with Crippen LogP contribution in [-0.2, 0) is 11.2 Å². The minimum absolute atomic E-state index is 0.0217. The number of likely N-dealkylation sites (N-methyl/N-ethyl adjacent to an activating group) is 1. The van der Waals surface area contributed by atoms with Crippen LogP contribution in [0.2, 0.25) is 0 Å². The van der Waals surface area contributed by atoms with Crippen molar-refractivity contribution in [3.8, 4) is 0 Å². The van der Waals surface area contributed by atoms with Crippen molar-refractivity contribution >= 4 is 11.9 Å². The fourth-order valence-electron chi connectivity index (χ4n) is 3.42. The standard InChI is InChI=1S/C17H23N3O2/c1-19-12-14(11-16(19)21)18-17(22)20-9-5-8-15(20)10-13-6-3-2-4-7-13/h2-4,6-7,14-15H,5,8-12H2,1H3,(H,18,22). The Balaban J connectivity index is 1.58. The first-order chi connectivity index (χ1) is 10.6. The Morgan fingerprint density at radius 3 is 2.77 bits per heavy atom. The fourth-order valence-corrected chi connectivity index (χ4v) is 3.42. The smallest absolute Gasteiger partial charge is 0.317 e. The minimum Gasteiger partial charge on any atom is -0.344 e. The van der Waals surface area contributed by atoms with E-state index in [1.54, 1.807) is 11.9 Å². The van der Waals surface area contributed by atoms with Crippen molar-refractivity contribution in [2.75, 3.05) is 20.1 Å². The van der Waals surface area contributed by atoms with E-state index < -0.39 is 0 Å². The van der Waals surface area contributed by atoms with Gasteiger partial charge in [0.25, 0.3) is 0 Å². The van der Waals surface area contributed by atoms with Gasteiger partial charge >= 0.3 is 6.03 Å². The summed E-state index contributed by atoms with van der Waals surface area (Å²) in [6.07, 6.45) is 3.41. The van der Waals surface area contributed by atoms with Crippen LogP contribution in [0.5, 0.6) is 0 Å². The molecule has 2 fully saturated rings. The van der Waals surface area contributed by atoms with Gasteiger partial charge in [0.05, 0.1) is 6.04 Å². The average molecular weight is 301 g/mol. The van der Waals surface area contributed by atoms with E-state index in [2.05, 4.69) is 17.4 Å². The molecule has 2 aliphatic heterocycles. The molecule has 118 valence electrons. The fraction of sp³-hybridized carbons (Fsp3) is 0.529. The average Bonchev–Trinajstić information content (AvgIpc) is 3.07. The highest BCUT2D eigenvalue weighted by Crippen LogP contribution is 2.21. The predicted molar refractivity (Wildman–Crippen MR) is 84.4 cm³/mol. The molecule has 0 spiro atoms. The zero-order valence-corrected chi connectivity index (χ0v) is 13.0. The lowest BCUT2D eigenvalue weighted by atomic mass is 10.0. The molecule has 2 unspecified atom stereocenters. The Labute approximate surface area is 131 Å². The predicted octanol–water partition coefficient (Wildman–Crippen LogP) is 1.63. The molecule has 1 aromatic carbocycles. The number of amides is 3. The highest BCUT2D eigenvalue weighted by atomic mass is 16.2. The molecule has 2 atom stereocenters. The van der Waals surface area contributed by atoms with Crippen molar-refractivity contribution in [1.82, 2.24) is 15.1 Å². The van der Waals surface area contributed by atoms with E-state index >= 15 is 0 Å². The van der Waals surface area contributed by atoms with Crippen molar-refractivity contribution in [2.45, 2.75) is 37.8 Å². The molecule has 0 radical (unpaired) electrons. The van der Waals surface area contributed by atoms with Crippen molar-refractivity contribution in [2.24, 2.45) is 0 Å². The molecule has 5 nitrogen and oxygen atoms in total. The summed E-state index contributed by atoms with van der Waals surface area (Å²) in [6, 6.07) is 10.5. The summed E-state index contributed by atoms with van der Waals surface area (Å²) < 4.78 is 0. The molecule has 0 aliphatic carbocycles. The van der Waals surface area contributed by atoms with Crippen LogP contribution in [0.3, 0.4) is 0 Å². The van der Waals surface area contributed by atoms with Gasteiger partial charge in [-0.15, -0.1) is 0 Å². The maximum atomic E-state index is 12.5. The summed E-state index contributed by atoms with van der Waals surface area (Å²) in [5.41, 5.74) is 1.27. The van der Waals surface area contributed by atoms with Crippen LogP contribution in [0.4, 0.5) is 4.79 Å². The van der Waals surface area contributed by atoms with E-state index in [1.165, 1.54) is 5.56 Å². The Bertz CT molecular complexity index is 546. The summed E-state index contributed by atoms with van der Waals surface area (Å²) in [5, 5.41) is 3.02. The van der Waals surface area contributed by atoms with Crippen LogP contribution in [0.15, 0.2) is 30.3 Å². The van der Waals surface area contributed by atoms with Gasteiger partial charge in [0.2, 0.25) is 5.91 Å². The molecule has 2 saturated heterocycles. The summed E-state index contributed by atoms with van der Waals surface area (Å²) in [6.45, 7) is 1.42. The maximum Gasteiger partial charge on any atom is 0.317 e. The van der Waals surface area contributed by atoms with E-state index in [1.807, 2.05) is 23.1 Å². The molecule has 0 saturated carbocycles. The Kier molecular flexibility index (Phi) is 4.32. The molecule has 1 aromatic rings. The van der Waals surface area contributed by atoms with Crippen LogP contribution in [-0.4, -0.2) is 54.0 Å². The largest absolute Gasteiger partial charge is 0.344 e. The lowest BCUT2D eigenvalue weighted by Gasteiger charge is -2.26. The molecule has 0 aromatic heterocycles. The molecule has 3 amide bonds. The number of carbonyl (C=O) groups is 2. The Morgan fingerprint density at radius 2 is 2.09 bits per heavy atom. The molecular formula is C17H23N3O2. The van der Waals surface area contributed by atoms with Gasteiger partial charge in [0.1, 0.15) is 0 Å². The number of rotatable bonds is 3. The second kappa shape index (κ2) is 6.38. The minimum atomic E-state index is -0.0528. The molecule has 2 heterocycles. The number of nitrogens with one attached hydrogen (secondary N) is 1. The number of likely N-dealkylation sites (tertiary alicyclic amines) is 2. The first-order valence-corrected chi connectivity index (χ1v) is 7.98. The zero-order valence-electron chi connectivity index (χ0n) is 13.0. The first-order valence-electron chi connectivity index (χ1n) is 7.98. The lowest BCUT2D eigenvalue weighted by molar-refractivity contribution is -0.126. The number of nitrogens with zero attached hydrogens (tertiary/aromatic N) is 2. The van der Waals surface area contributed by atoms with Gasteiger partial charge in [-0.3, -0.25) is 4.79 Å². The Hall–Kier alpha value is -2.04. The quantitative estimate of drug-likeness (QED) is 0.922. The highest BCUT2D eigenvalue weighted by molar-refractivity contribution is 5.81. The third kappa shape index (κ3) is 3.24. The van der Waals surface area contributed by atoms with Crippen molar-refractivity contribution < 1.29 is 9.59 Å². The van der Waals surface area contributed by atoms with E-state index in [0.29, 0.717) is 13.0 Å². The van der Waals surface area contributed by atoms with Crippen molar-refractivity contribution in [3.05, 3.63) is 35.9 Å². The van der Waals surface area contributed by atoms with Gasteiger partial charge in [0, 0.05) is 32.6 Å². The molecule has 3 rings (SSSR count). The van der Waals surface area contributed by atoms with E-state index in [9.17, 15) is 9.59 Å². The number of hydrogen-bond donors (Lipinski definition) is 1. The second-order valence-electron chi connectivity index (χ2n) is 6.30. The molecule has 1 N–H and O–H groups in total. The maximum absolute atomic E-state index is 12.5. The topological polar surface area (TPSA) is 52.7 Å². The van der Waals surface area contributed by atoms with E-state index in [4.69, 9.17) is 0 Å². The second-order valence-corrected chi connectivity index (χ2v) is 6.30. The van der Waals surface area contributed by atoms with Gasteiger partial charge in [-0.05, 0) is 24.8 Å². The molecule has 2 aliphatic rings. The van der Waals surface area contributed by atoms with Crippen LogP contribution in [0, 0.1) is 0 Å². The van der Waals surface area contributed by atoms with Gasteiger partial charge in [-0.25, -0.2) is 4.79 Å². The number of carbonyl (C=O) groups excluding carboxylic acids is 2. The van der Waals surface area contributed by atoms with Crippen LogP contribution < -0.4 is 5.32 Å². The van der Waals surface area contributed by atoms with Crippen molar-refractivity contribution in [3.63, 3.8) is 0 Å². The lowest BCUT2D eigenvalue weighted by Crippen LogP contribution is -2.48. The number of benzene rings is 1. The van der Waals surface area contributed by atoms with Gasteiger partial charge < -0.3 is 15.1 Å². The third-order valence-corrected chi connectivity index (χ3v) is 4.62. The van der Waals surface area contributed by atoms with Crippen molar-refractivity contribution in [1.29, 1.82) is 0 Å². The van der Waals surface area contributed by atoms with Crippen LogP contribution in [0.1, 0.15) is 24.8 Å². The van der Waals surface area contributed by atoms with Gasteiger partial charge in [-0.2, -0.15) is 0 Å². The van der Waals surface area contributed by atoms with Gasteiger partial charge in [0.15, 0.2) is 0 Å². The summed E-state index contributed by atoms with van der Waals surface area (Å²) in [4.78, 5) is 27.7. The van der Waals surface area contributed by atoms with Crippen LogP contribution >= 0.6 is 0 Å². The molecule has 0 bridgehead atoms. The zero-order chi connectivity index (χ0) is 15.5. The van der Waals surface area contributed by atoms with E-state index in [0.717, 1.165) is 25.8 Å². The third-order valence-electron chi connectivity index (χ3n) is 4.62. The summed E-state index contributed by atoms with van der Waals surface area (Å²) in [5.74, 6) is 0.104. The van der Waals surface area contributed by atoms with Gasteiger partial charge in [-0.1, -0.05) is 30.3 Å². The first kappa shape index (κ1) is 14.9. The number of hydrogen-bond acceptors (Lipinski definition) is 2. The SMILES string of the molecule is CN1CC(NC(=O)N2CCCC2Cc2ccccc2)CC1=O. The normalized spacial score (nSPS) is 24.9.